The van der Waals surface area contributed by atoms with Crippen molar-refractivity contribution in [3.63, 3.8) is 0 Å². The van der Waals surface area contributed by atoms with Crippen LogP contribution in [0.15, 0.2) is 37.2 Å². The van der Waals surface area contributed by atoms with Gasteiger partial charge in [0.2, 0.25) is 5.91 Å². The summed E-state index contributed by atoms with van der Waals surface area (Å²) in [6.45, 7) is 3.23. The molecule has 66 valence electrons. The van der Waals surface area contributed by atoms with E-state index in [0.29, 0.717) is 5.56 Å². The van der Waals surface area contributed by atoms with Gasteiger partial charge in [-0.3, -0.25) is 19.9 Å². The number of nitrogens with zero attached hydrogens (tertiary/aromatic N) is 1. The van der Waals surface area contributed by atoms with Gasteiger partial charge in [-0.2, -0.15) is 0 Å². The van der Waals surface area contributed by atoms with Gasteiger partial charge in [0.05, 0.1) is 5.56 Å². The number of amides is 2. The normalized spacial score (nSPS) is 8.92. The van der Waals surface area contributed by atoms with Gasteiger partial charge >= 0.3 is 0 Å². The van der Waals surface area contributed by atoms with Crippen molar-refractivity contribution >= 4 is 11.8 Å². The van der Waals surface area contributed by atoms with Crippen LogP contribution in [0.5, 0.6) is 0 Å². The van der Waals surface area contributed by atoms with Crippen LogP contribution in [-0.4, -0.2) is 16.8 Å². The van der Waals surface area contributed by atoms with Gasteiger partial charge in [0.25, 0.3) is 5.91 Å². The van der Waals surface area contributed by atoms with Gasteiger partial charge in [-0.1, -0.05) is 6.58 Å². The van der Waals surface area contributed by atoms with Crippen molar-refractivity contribution in [2.75, 3.05) is 0 Å². The summed E-state index contributed by atoms with van der Waals surface area (Å²) in [5.41, 5.74) is 0.345. The highest BCUT2D eigenvalue weighted by Crippen LogP contribution is 1.94. The Morgan fingerprint density at radius 2 is 2.31 bits per heavy atom. The first-order chi connectivity index (χ1) is 6.24. The molecule has 0 fully saturated rings. The molecule has 0 aliphatic heterocycles. The number of hydrogen-bond donors (Lipinski definition) is 1. The second-order valence-electron chi connectivity index (χ2n) is 2.26. The van der Waals surface area contributed by atoms with Crippen LogP contribution < -0.4 is 5.32 Å². The fourth-order valence-electron chi connectivity index (χ4n) is 0.732. The Morgan fingerprint density at radius 1 is 1.54 bits per heavy atom. The lowest BCUT2D eigenvalue weighted by Crippen LogP contribution is -2.28. The number of pyridine rings is 1. The van der Waals surface area contributed by atoms with Gasteiger partial charge in [-0.25, -0.2) is 0 Å². The molecule has 1 heterocycles. The molecule has 0 radical (unpaired) electrons. The molecule has 4 heteroatoms. The van der Waals surface area contributed by atoms with Crippen molar-refractivity contribution in [1.82, 2.24) is 10.3 Å². The van der Waals surface area contributed by atoms with Crippen LogP contribution in [-0.2, 0) is 4.79 Å². The maximum absolute atomic E-state index is 11.2. The number of hydrogen-bond acceptors (Lipinski definition) is 3. The van der Waals surface area contributed by atoms with E-state index in [9.17, 15) is 9.59 Å². The van der Waals surface area contributed by atoms with E-state index < -0.39 is 11.8 Å². The minimum absolute atomic E-state index is 0.345. The van der Waals surface area contributed by atoms with Gasteiger partial charge in [0, 0.05) is 12.4 Å². The van der Waals surface area contributed by atoms with Gasteiger partial charge in [0.1, 0.15) is 0 Å². The fraction of sp³-hybridized carbons (Fsp3) is 0. The first-order valence-electron chi connectivity index (χ1n) is 3.62. The molecular formula is C9H8N2O2. The number of carbonyl (C=O) groups excluding carboxylic acids is 2. The highest BCUT2D eigenvalue weighted by Gasteiger charge is 2.06. The third-order valence-corrected chi connectivity index (χ3v) is 1.35. The van der Waals surface area contributed by atoms with Crippen molar-refractivity contribution in [2.45, 2.75) is 0 Å². The zero-order chi connectivity index (χ0) is 9.68. The third-order valence-electron chi connectivity index (χ3n) is 1.35. The zero-order valence-electron chi connectivity index (χ0n) is 6.86. The van der Waals surface area contributed by atoms with E-state index in [1.165, 1.54) is 6.20 Å². The molecular weight excluding hydrogens is 168 g/mol. The lowest BCUT2D eigenvalue weighted by molar-refractivity contribution is -0.115. The van der Waals surface area contributed by atoms with Crippen molar-refractivity contribution in [3.8, 4) is 0 Å². The first kappa shape index (κ1) is 9.12. The van der Waals surface area contributed by atoms with E-state index in [4.69, 9.17) is 0 Å². The molecule has 0 saturated heterocycles. The standard InChI is InChI=1S/C9H8N2O2/c1-2-8(12)11-9(13)7-4-3-5-10-6-7/h2-6H,1H2,(H,11,12,13). The Balaban J connectivity index is 2.70. The summed E-state index contributed by atoms with van der Waals surface area (Å²) in [6.07, 6.45) is 3.96. The largest absolute Gasteiger partial charge is 0.289 e. The van der Waals surface area contributed by atoms with Crippen molar-refractivity contribution < 1.29 is 9.59 Å². The van der Waals surface area contributed by atoms with E-state index in [0.717, 1.165) is 6.08 Å². The second kappa shape index (κ2) is 4.15. The average Bonchev–Trinajstić information content (AvgIpc) is 2.19. The number of imide groups is 1. The van der Waals surface area contributed by atoms with Crippen LogP contribution in [0.4, 0.5) is 0 Å². The topological polar surface area (TPSA) is 59.1 Å². The molecule has 0 unspecified atom stereocenters. The molecule has 0 atom stereocenters. The Bertz CT molecular complexity index is 333. The van der Waals surface area contributed by atoms with E-state index in [1.807, 2.05) is 0 Å². The average molecular weight is 176 g/mol. The number of rotatable bonds is 2. The summed E-state index contributed by atoms with van der Waals surface area (Å²) in [4.78, 5) is 25.7. The van der Waals surface area contributed by atoms with E-state index in [-0.39, 0.29) is 0 Å². The molecule has 0 aromatic carbocycles. The Morgan fingerprint density at radius 3 is 2.85 bits per heavy atom. The molecule has 0 aliphatic carbocycles. The molecule has 0 aliphatic rings. The lowest BCUT2D eigenvalue weighted by Gasteiger charge is -1.98. The molecule has 4 nitrogen and oxygen atoms in total. The molecule has 0 saturated carbocycles. The number of nitrogens with one attached hydrogen (secondary N) is 1. The quantitative estimate of drug-likeness (QED) is 0.668. The summed E-state index contributed by atoms with van der Waals surface area (Å²) < 4.78 is 0. The zero-order valence-corrected chi connectivity index (χ0v) is 6.86. The third kappa shape index (κ3) is 2.52. The maximum atomic E-state index is 11.2. The molecule has 13 heavy (non-hydrogen) atoms. The Hall–Kier alpha value is -1.97. The van der Waals surface area contributed by atoms with Gasteiger partial charge in [-0.15, -0.1) is 0 Å². The highest BCUT2D eigenvalue weighted by molar-refractivity contribution is 6.07. The summed E-state index contributed by atoms with van der Waals surface area (Å²) >= 11 is 0. The fourth-order valence-corrected chi connectivity index (χ4v) is 0.732. The number of carbonyl (C=O) groups is 2. The molecule has 0 spiro atoms. The Kier molecular flexibility index (Phi) is 2.92. The van der Waals surface area contributed by atoms with Crippen molar-refractivity contribution in [3.05, 3.63) is 42.7 Å². The van der Waals surface area contributed by atoms with Crippen LogP contribution in [0.2, 0.25) is 0 Å². The Labute approximate surface area is 75.3 Å². The van der Waals surface area contributed by atoms with Gasteiger partial charge < -0.3 is 0 Å². The minimum Gasteiger partial charge on any atom is -0.289 e. The summed E-state index contributed by atoms with van der Waals surface area (Å²) in [5, 5.41) is 2.11. The lowest BCUT2D eigenvalue weighted by atomic mass is 10.3. The summed E-state index contributed by atoms with van der Waals surface area (Å²) in [5.74, 6) is -0.994. The van der Waals surface area contributed by atoms with Crippen LogP contribution in [0.1, 0.15) is 10.4 Å². The van der Waals surface area contributed by atoms with Crippen LogP contribution >= 0.6 is 0 Å². The monoisotopic (exact) mass is 176 g/mol. The highest BCUT2D eigenvalue weighted by atomic mass is 16.2. The molecule has 2 amide bonds. The van der Waals surface area contributed by atoms with Crippen LogP contribution in [0, 0.1) is 0 Å². The first-order valence-corrected chi connectivity index (χ1v) is 3.62. The second-order valence-corrected chi connectivity index (χ2v) is 2.26. The van der Waals surface area contributed by atoms with Crippen molar-refractivity contribution in [2.24, 2.45) is 0 Å². The summed E-state index contributed by atoms with van der Waals surface area (Å²) in [6, 6.07) is 3.19. The van der Waals surface area contributed by atoms with Crippen molar-refractivity contribution in [1.29, 1.82) is 0 Å². The summed E-state index contributed by atoms with van der Waals surface area (Å²) in [7, 11) is 0. The van der Waals surface area contributed by atoms with Crippen LogP contribution in [0.3, 0.4) is 0 Å². The predicted octanol–water partition coefficient (Wildman–Crippen LogP) is 0.524. The molecule has 1 aromatic heterocycles. The van der Waals surface area contributed by atoms with E-state index in [2.05, 4.69) is 16.9 Å². The van der Waals surface area contributed by atoms with E-state index >= 15 is 0 Å². The minimum atomic E-state index is -0.520. The number of aromatic nitrogens is 1. The predicted molar refractivity (Wildman–Crippen MR) is 46.9 cm³/mol. The van der Waals surface area contributed by atoms with Gasteiger partial charge in [-0.05, 0) is 18.2 Å². The van der Waals surface area contributed by atoms with Gasteiger partial charge in [0.15, 0.2) is 0 Å². The van der Waals surface area contributed by atoms with E-state index in [1.54, 1.807) is 18.3 Å². The molecule has 1 N–H and O–H groups in total. The smallest absolute Gasteiger partial charge is 0.259 e. The molecule has 0 bridgehead atoms. The van der Waals surface area contributed by atoms with Crippen LogP contribution in [0.25, 0.3) is 0 Å². The molecule has 1 aromatic rings. The molecule has 1 rings (SSSR count). The maximum Gasteiger partial charge on any atom is 0.259 e. The SMILES string of the molecule is C=CC(=O)NC(=O)c1cccnc1.